The molecule has 0 aliphatic rings. The van der Waals surface area contributed by atoms with Crippen LogP contribution in [0.4, 0.5) is 0 Å². The molecular formula is C20H42S. The number of hydrogen-bond donors (Lipinski definition) is 1. The van der Waals surface area contributed by atoms with Gasteiger partial charge in [-0.05, 0) is 18.1 Å². The van der Waals surface area contributed by atoms with Gasteiger partial charge in [0.15, 0.2) is 0 Å². The van der Waals surface area contributed by atoms with Gasteiger partial charge in [0.05, 0.1) is 0 Å². The highest BCUT2D eigenvalue weighted by atomic mass is 32.1. The Morgan fingerprint density at radius 2 is 0.905 bits per heavy atom. The van der Waals surface area contributed by atoms with Gasteiger partial charge < -0.3 is 0 Å². The summed E-state index contributed by atoms with van der Waals surface area (Å²) in [6.07, 6.45) is 23.0. The van der Waals surface area contributed by atoms with E-state index in [-0.39, 0.29) is 0 Å². The fourth-order valence-corrected chi connectivity index (χ4v) is 3.42. The van der Waals surface area contributed by atoms with Crippen molar-refractivity contribution in [3.05, 3.63) is 0 Å². The van der Waals surface area contributed by atoms with E-state index in [2.05, 4.69) is 26.5 Å². The predicted octanol–water partition coefficient (Wildman–Crippen LogP) is 7.81. The molecule has 0 unspecified atom stereocenters. The maximum absolute atomic E-state index is 4.26. The summed E-state index contributed by atoms with van der Waals surface area (Å²) in [7, 11) is 0. The molecule has 0 bridgehead atoms. The Bertz CT molecular complexity index is 171. The summed E-state index contributed by atoms with van der Waals surface area (Å²) in [6, 6.07) is 0. The lowest BCUT2D eigenvalue weighted by atomic mass is 9.90. The van der Waals surface area contributed by atoms with Crippen LogP contribution in [0.15, 0.2) is 0 Å². The zero-order valence-electron chi connectivity index (χ0n) is 15.0. The van der Waals surface area contributed by atoms with Crippen LogP contribution in [-0.2, 0) is 0 Å². The first-order valence-electron chi connectivity index (χ1n) is 9.96. The predicted molar refractivity (Wildman–Crippen MR) is 103 cm³/mol. The lowest BCUT2D eigenvalue weighted by Gasteiger charge is -2.16. The molecule has 0 saturated carbocycles. The molecule has 0 aliphatic carbocycles. The van der Waals surface area contributed by atoms with Crippen LogP contribution in [0.1, 0.15) is 117 Å². The van der Waals surface area contributed by atoms with Crippen LogP contribution in [0.25, 0.3) is 0 Å². The normalized spacial score (nSPS) is 11.4. The first-order valence-corrected chi connectivity index (χ1v) is 10.6. The van der Waals surface area contributed by atoms with E-state index < -0.39 is 0 Å². The Hall–Kier alpha value is 0.350. The molecule has 0 atom stereocenters. The van der Waals surface area contributed by atoms with Gasteiger partial charge in [0, 0.05) is 0 Å². The van der Waals surface area contributed by atoms with Crippen molar-refractivity contribution in [3.8, 4) is 0 Å². The van der Waals surface area contributed by atoms with Crippen molar-refractivity contribution in [2.24, 2.45) is 5.92 Å². The van der Waals surface area contributed by atoms with Crippen LogP contribution >= 0.6 is 12.6 Å². The molecule has 0 saturated heterocycles. The largest absolute Gasteiger partial charge is 0.179 e. The molecule has 0 spiro atoms. The van der Waals surface area contributed by atoms with Gasteiger partial charge >= 0.3 is 0 Å². The van der Waals surface area contributed by atoms with Gasteiger partial charge in [-0.2, -0.15) is 12.6 Å². The summed E-state index contributed by atoms with van der Waals surface area (Å²) >= 11 is 4.26. The quantitative estimate of drug-likeness (QED) is 0.205. The minimum Gasteiger partial charge on any atom is -0.179 e. The zero-order chi connectivity index (χ0) is 15.6. The van der Waals surface area contributed by atoms with E-state index in [1.54, 1.807) is 0 Å². The molecule has 21 heavy (non-hydrogen) atoms. The monoisotopic (exact) mass is 314 g/mol. The summed E-state index contributed by atoms with van der Waals surface area (Å²) in [5.41, 5.74) is 0. The number of hydrogen-bond acceptors (Lipinski definition) is 1. The summed E-state index contributed by atoms with van der Waals surface area (Å²) in [6.45, 7) is 4.65. The maximum Gasteiger partial charge on any atom is -0.00979 e. The SMILES string of the molecule is CCCCC(CCCC)CCCCCCCCCCCS. The molecule has 0 aromatic carbocycles. The standard InChI is InChI=1S/C20H42S/c1-3-5-16-20(17-6-4-2)18-14-12-10-8-7-9-11-13-15-19-21/h20-21H,3-19H2,1-2H3. The number of thiol groups is 1. The molecule has 0 amide bonds. The molecule has 0 nitrogen and oxygen atoms in total. The highest BCUT2D eigenvalue weighted by molar-refractivity contribution is 7.80. The summed E-state index contributed by atoms with van der Waals surface area (Å²) in [5.74, 6) is 2.10. The third-order valence-electron chi connectivity index (χ3n) is 4.70. The van der Waals surface area contributed by atoms with Crippen molar-refractivity contribution in [3.63, 3.8) is 0 Å². The molecule has 0 rings (SSSR count). The molecule has 0 aromatic rings. The van der Waals surface area contributed by atoms with E-state index in [0.29, 0.717) is 0 Å². The van der Waals surface area contributed by atoms with Crippen molar-refractivity contribution in [2.45, 2.75) is 117 Å². The fourth-order valence-electron chi connectivity index (χ4n) is 3.20. The Morgan fingerprint density at radius 1 is 0.524 bits per heavy atom. The lowest BCUT2D eigenvalue weighted by molar-refractivity contribution is 0.376. The number of rotatable bonds is 17. The van der Waals surface area contributed by atoms with Crippen LogP contribution in [-0.4, -0.2) is 5.75 Å². The van der Waals surface area contributed by atoms with Crippen LogP contribution in [0, 0.1) is 5.92 Å². The minimum absolute atomic E-state index is 1.03. The topological polar surface area (TPSA) is 0 Å². The Kier molecular flexibility index (Phi) is 18.7. The van der Waals surface area contributed by atoms with Gasteiger partial charge in [-0.3, -0.25) is 0 Å². The third-order valence-corrected chi connectivity index (χ3v) is 5.02. The second kappa shape index (κ2) is 18.4. The van der Waals surface area contributed by atoms with E-state index in [1.165, 1.54) is 103 Å². The summed E-state index contributed by atoms with van der Waals surface area (Å²) in [4.78, 5) is 0. The third kappa shape index (κ3) is 16.5. The molecule has 0 fully saturated rings. The molecule has 0 N–H and O–H groups in total. The highest BCUT2D eigenvalue weighted by Gasteiger charge is 2.07. The Morgan fingerprint density at radius 3 is 1.33 bits per heavy atom. The fraction of sp³-hybridized carbons (Fsp3) is 1.00. The van der Waals surface area contributed by atoms with E-state index in [0.717, 1.165) is 11.7 Å². The van der Waals surface area contributed by atoms with Crippen LogP contribution in [0.5, 0.6) is 0 Å². The molecule has 1 heteroatoms. The van der Waals surface area contributed by atoms with Crippen molar-refractivity contribution < 1.29 is 0 Å². The molecule has 0 aromatic heterocycles. The molecule has 0 heterocycles. The van der Waals surface area contributed by atoms with E-state index in [1.807, 2.05) is 0 Å². The van der Waals surface area contributed by atoms with E-state index in [9.17, 15) is 0 Å². The Balaban J connectivity index is 3.35. The van der Waals surface area contributed by atoms with Crippen molar-refractivity contribution >= 4 is 12.6 Å². The highest BCUT2D eigenvalue weighted by Crippen LogP contribution is 2.23. The Labute approximate surface area is 141 Å². The van der Waals surface area contributed by atoms with Gasteiger partial charge in [-0.25, -0.2) is 0 Å². The smallest absolute Gasteiger partial charge is 0.00979 e. The van der Waals surface area contributed by atoms with Crippen molar-refractivity contribution in [1.82, 2.24) is 0 Å². The summed E-state index contributed by atoms with van der Waals surface area (Å²) < 4.78 is 0. The van der Waals surface area contributed by atoms with E-state index >= 15 is 0 Å². The second-order valence-corrected chi connectivity index (χ2v) is 7.29. The molecular weight excluding hydrogens is 272 g/mol. The molecule has 0 aliphatic heterocycles. The van der Waals surface area contributed by atoms with Gasteiger partial charge in [0.2, 0.25) is 0 Å². The van der Waals surface area contributed by atoms with Gasteiger partial charge in [-0.1, -0.05) is 110 Å². The van der Waals surface area contributed by atoms with Crippen LogP contribution in [0.3, 0.4) is 0 Å². The molecule has 128 valence electrons. The first-order chi connectivity index (χ1) is 10.3. The van der Waals surface area contributed by atoms with Crippen LogP contribution < -0.4 is 0 Å². The minimum atomic E-state index is 1.03. The lowest BCUT2D eigenvalue weighted by Crippen LogP contribution is -2.01. The van der Waals surface area contributed by atoms with Gasteiger partial charge in [0.25, 0.3) is 0 Å². The average Bonchev–Trinajstić information content (AvgIpc) is 2.51. The first kappa shape index (κ1) is 21.4. The van der Waals surface area contributed by atoms with Gasteiger partial charge in [0.1, 0.15) is 0 Å². The van der Waals surface area contributed by atoms with Crippen molar-refractivity contribution in [2.75, 3.05) is 5.75 Å². The molecule has 0 radical (unpaired) electrons. The second-order valence-electron chi connectivity index (χ2n) is 6.84. The van der Waals surface area contributed by atoms with Crippen molar-refractivity contribution in [1.29, 1.82) is 0 Å². The number of unbranched alkanes of at least 4 members (excludes halogenated alkanes) is 10. The van der Waals surface area contributed by atoms with Gasteiger partial charge in [-0.15, -0.1) is 0 Å². The average molecular weight is 315 g/mol. The van der Waals surface area contributed by atoms with E-state index in [4.69, 9.17) is 0 Å². The summed E-state index contributed by atoms with van der Waals surface area (Å²) in [5, 5.41) is 0. The zero-order valence-corrected chi connectivity index (χ0v) is 15.9. The van der Waals surface area contributed by atoms with Crippen LogP contribution in [0.2, 0.25) is 0 Å². The maximum atomic E-state index is 4.26.